The molecule has 0 aliphatic rings. The number of fused-ring (bicyclic) bond motifs is 2. The SMILES string of the molecule is C=CC(=O)Nc1cc(Nc2ncc3ccc(-c4cnc5c(c4)c(C)cn5C)n3n2)c(OC)cc1N(C)CCN(C)C. The molecule has 0 aliphatic heterocycles. The van der Waals surface area contributed by atoms with Gasteiger partial charge in [-0.25, -0.2) is 14.5 Å². The first-order chi connectivity index (χ1) is 19.7. The fourth-order valence-electron chi connectivity index (χ4n) is 4.79. The van der Waals surface area contributed by atoms with Gasteiger partial charge in [0.25, 0.3) is 0 Å². The van der Waals surface area contributed by atoms with Crippen molar-refractivity contribution in [3.8, 4) is 17.0 Å². The van der Waals surface area contributed by atoms with Crippen molar-refractivity contribution in [2.75, 3.05) is 56.9 Å². The predicted molar refractivity (Wildman–Crippen MR) is 164 cm³/mol. The van der Waals surface area contributed by atoms with Gasteiger partial charge in [-0.2, -0.15) is 0 Å². The molecule has 5 rings (SSSR count). The fourth-order valence-corrected chi connectivity index (χ4v) is 4.79. The van der Waals surface area contributed by atoms with Gasteiger partial charge in [0, 0.05) is 56.6 Å². The van der Waals surface area contributed by atoms with E-state index in [0.717, 1.165) is 52.1 Å². The molecule has 1 amide bonds. The molecule has 0 aliphatic carbocycles. The molecule has 212 valence electrons. The van der Waals surface area contributed by atoms with Gasteiger partial charge in [0.05, 0.1) is 41.6 Å². The largest absolute Gasteiger partial charge is 0.494 e. The normalized spacial score (nSPS) is 11.3. The van der Waals surface area contributed by atoms with Crippen LogP contribution in [0.3, 0.4) is 0 Å². The van der Waals surface area contributed by atoms with E-state index < -0.39 is 0 Å². The second-order valence-corrected chi connectivity index (χ2v) is 10.3. The second kappa shape index (κ2) is 11.3. The average molecular weight is 554 g/mol. The molecule has 4 aromatic heterocycles. The summed E-state index contributed by atoms with van der Waals surface area (Å²) in [5.74, 6) is 0.643. The molecule has 0 saturated carbocycles. The first-order valence-electron chi connectivity index (χ1n) is 13.2. The number of methoxy groups -OCH3 is 1. The van der Waals surface area contributed by atoms with Crippen molar-refractivity contribution in [1.82, 2.24) is 29.0 Å². The number of ether oxygens (including phenoxy) is 1. The van der Waals surface area contributed by atoms with Crippen molar-refractivity contribution < 1.29 is 9.53 Å². The zero-order valence-corrected chi connectivity index (χ0v) is 24.3. The third kappa shape index (κ3) is 5.57. The van der Waals surface area contributed by atoms with E-state index in [1.165, 1.54) is 6.08 Å². The lowest BCUT2D eigenvalue weighted by Crippen LogP contribution is -2.29. The van der Waals surface area contributed by atoms with Crippen LogP contribution in [0.15, 0.2) is 61.6 Å². The van der Waals surface area contributed by atoms with Crippen LogP contribution >= 0.6 is 0 Å². The topological polar surface area (TPSA) is 105 Å². The van der Waals surface area contributed by atoms with Gasteiger partial charge in [-0.05, 0) is 56.9 Å². The number of benzene rings is 1. The molecule has 0 bridgehead atoms. The quantitative estimate of drug-likeness (QED) is 0.244. The van der Waals surface area contributed by atoms with Crippen LogP contribution in [0.25, 0.3) is 27.8 Å². The Morgan fingerprint density at radius 3 is 2.63 bits per heavy atom. The summed E-state index contributed by atoms with van der Waals surface area (Å²) in [7, 11) is 9.62. The molecule has 0 radical (unpaired) electrons. The zero-order valence-electron chi connectivity index (χ0n) is 24.3. The summed E-state index contributed by atoms with van der Waals surface area (Å²) in [6, 6.07) is 9.83. The van der Waals surface area contributed by atoms with Gasteiger partial charge >= 0.3 is 0 Å². The van der Waals surface area contributed by atoms with E-state index in [2.05, 4.69) is 56.2 Å². The highest BCUT2D eigenvalue weighted by Gasteiger charge is 2.17. The number of anilines is 4. The van der Waals surface area contributed by atoms with Crippen LogP contribution < -0.4 is 20.3 Å². The predicted octanol–water partition coefficient (Wildman–Crippen LogP) is 4.47. The monoisotopic (exact) mass is 553 g/mol. The molecule has 4 heterocycles. The summed E-state index contributed by atoms with van der Waals surface area (Å²) < 4.78 is 9.60. The number of aromatic nitrogens is 5. The van der Waals surface area contributed by atoms with E-state index in [1.807, 2.05) is 67.7 Å². The van der Waals surface area contributed by atoms with E-state index in [1.54, 1.807) is 13.3 Å². The van der Waals surface area contributed by atoms with Gasteiger partial charge in [-0.1, -0.05) is 6.58 Å². The fraction of sp³-hybridized carbons (Fsp3) is 0.267. The first-order valence-corrected chi connectivity index (χ1v) is 13.2. The van der Waals surface area contributed by atoms with Gasteiger partial charge in [-0.15, -0.1) is 5.10 Å². The first kappa shape index (κ1) is 27.7. The molecule has 0 spiro atoms. The minimum absolute atomic E-state index is 0.308. The molecule has 11 nitrogen and oxygen atoms in total. The highest BCUT2D eigenvalue weighted by atomic mass is 16.5. The summed E-state index contributed by atoms with van der Waals surface area (Å²) in [6.07, 6.45) is 6.94. The molecule has 0 atom stereocenters. The summed E-state index contributed by atoms with van der Waals surface area (Å²) >= 11 is 0. The van der Waals surface area contributed by atoms with E-state index >= 15 is 0 Å². The molecule has 0 unspecified atom stereocenters. The van der Waals surface area contributed by atoms with Crippen LogP contribution in [0.4, 0.5) is 23.0 Å². The zero-order chi connectivity index (χ0) is 29.3. The van der Waals surface area contributed by atoms with Gasteiger partial charge in [-0.3, -0.25) is 4.79 Å². The van der Waals surface area contributed by atoms with Gasteiger partial charge < -0.3 is 29.7 Å². The summed E-state index contributed by atoms with van der Waals surface area (Å²) in [6.45, 7) is 7.26. The Morgan fingerprint density at radius 2 is 1.90 bits per heavy atom. The number of pyridine rings is 1. The van der Waals surface area contributed by atoms with Crippen LogP contribution in [0.5, 0.6) is 5.75 Å². The molecular weight excluding hydrogens is 518 g/mol. The van der Waals surface area contributed by atoms with Crippen LogP contribution in [-0.2, 0) is 11.8 Å². The molecule has 0 fully saturated rings. The van der Waals surface area contributed by atoms with Crippen molar-refractivity contribution in [3.63, 3.8) is 0 Å². The Bertz CT molecular complexity index is 1750. The van der Waals surface area contributed by atoms with Crippen LogP contribution in [0, 0.1) is 6.92 Å². The number of amides is 1. The van der Waals surface area contributed by atoms with Crippen molar-refractivity contribution in [2.24, 2.45) is 7.05 Å². The Kier molecular flexibility index (Phi) is 7.62. The number of nitrogens with zero attached hydrogens (tertiary/aromatic N) is 7. The molecule has 11 heteroatoms. The Hall–Kier alpha value is -4.90. The number of carbonyl (C=O) groups is 1. The van der Waals surface area contributed by atoms with Crippen molar-refractivity contribution in [1.29, 1.82) is 0 Å². The number of hydrogen-bond donors (Lipinski definition) is 2. The summed E-state index contributed by atoms with van der Waals surface area (Å²) in [4.78, 5) is 25.7. The Balaban J connectivity index is 1.52. The standard InChI is InChI=1S/C30H35N9O2/c1-8-28(40)33-23-14-24(27(41-7)15-26(23)37(5)12-11-36(3)4)34-30-32-17-21-9-10-25(39(21)35-30)20-13-22-19(2)18-38(6)29(22)31-16-20/h8-10,13-18H,1,11-12H2,2-7H3,(H,33,40)(H,34,35). The molecular formula is C30H35N9O2. The third-order valence-electron chi connectivity index (χ3n) is 7.01. The van der Waals surface area contributed by atoms with Crippen LogP contribution in [0.1, 0.15) is 5.56 Å². The maximum absolute atomic E-state index is 12.3. The lowest BCUT2D eigenvalue weighted by Gasteiger charge is -2.25. The minimum Gasteiger partial charge on any atom is -0.494 e. The third-order valence-corrected chi connectivity index (χ3v) is 7.01. The number of nitrogens with one attached hydrogen (secondary N) is 2. The van der Waals surface area contributed by atoms with Crippen molar-refractivity contribution >= 4 is 45.5 Å². The highest BCUT2D eigenvalue weighted by Crippen LogP contribution is 2.38. The van der Waals surface area contributed by atoms with E-state index in [4.69, 9.17) is 9.84 Å². The van der Waals surface area contributed by atoms with Crippen LogP contribution in [-0.4, -0.2) is 76.3 Å². The number of hydrogen-bond acceptors (Lipinski definition) is 8. The minimum atomic E-state index is -0.308. The lowest BCUT2D eigenvalue weighted by molar-refractivity contribution is -0.111. The smallest absolute Gasteiger partial charge is 0.247 e. The number of rotatable bonds is 10. The Labute approximate surface area is 239 Å². The molecule has 41 heavy (non-hydrogen) atoms. The van der Waals surface area contributed by atoms with Gasteiger partial charge in [0.2, 0.25) is 11.9 Å². The molecule has 1 aromatic carbocycles. The maximum atomic E-state index is 12.3. The van der Waals surface area contributed by atoms with Crippen molar-refractivity contribution in [2.45, 2.75) is 6.92 Å². The van der Waals surface area contributed by atoms with Crippen LogP contribution in [0.2, 0.25) is 0 Å². The van der Waals surface area contributed by atoms with E-state index in [9.17, 15) is 4.79 Å². The van der Waals surface area contributed by atoms with E-state index in [-0.39, 0.29) is 5.91 Å². The summed E-state index contributed by atoms with van der Waals surface area (Å²) in [5.41, 5.74) is 6.82. The van der Waals surface area contributed by atoms with Crippen molar-refractivity contribution in [3.05, 3.63) is 67.1 Å². The van der Waals surface area contributed by atoms with Gasteiger partial charge in [0.15, 0.2) is 0 Å². The number of aryl methyl sites for hydroxylation is 2. The second-order valence-electron chi connectivity index (χ2n) is 10.3. The average Bonchev–Trinajstić information content (AvgIpc) is 3.51. The van der Waals surface area contributed by atoms with Gasteiger partial charge in [0.1, 0.15) is 11.4 Å². The number of likely N-dealkylation sites (N-methyl/N-ethyl adjacent to an activating group) is 2. The highest BCUT2D eigenvalue weighted by molar-refractivity contribution is 6.02. The number of carbonyl (C=O) groups excluding carboxylic acids is 1. The lowest BCUT2D eigenvalue weighted by atomic mass is 10.1. The molecule has 0 saturated heterocycles. The Morgan fingerprint density at radius 1 is 1.10 bits per heavy atom. The van der Waals surface area contributed by atoms with E-state index in [0.29, 0.717) is 23.1 Å². The summed E-state index contributed by atoms with van der Waals surface area (Å²) in [5, 5.41) is 12.1. The molecule has 5 aromatic rings. The maximum Gasteiger partial charge on any atom is 0.247 e. The molecule has 2 N–H and O–H groups in total.